The Hall–Kier alpha value is -1.71. The molecule has 6 nitrogen and oxygen atoms in total. The summed E-state index contributed by atoms with van der Waals surface area (Å²) < 4.78 is 23.9. The predicted octanol–water partition coefficient (Wildman–Crippen LogP) is 3.01. The number of benzene rings is 1. The summed E-state index contributed by atoms with van der Waals surface area (Å²) in [6, 6.07) is 8.41. The number of carbonyl (C=O) groups excluding carboxylic acids is 1. The number of nitrogens with two attached hydrogens (primary N) is 1. The van der Waals surface area contributed by atoms with E-state index >= 15 is 0 Å². The molecular formula is C19H22ClN3O3S2. The second kappa shape index (κ2) is 8.34. The van der Waals surface area contributed by atoms with E-state index in [4.69, 9.17) is 16.7 Å². The van der Waals surface area contributed by atoms with E-state index in [0.29, 0.717) is 23.8 Å². The number of anilines is 1. The largest absolute Gasteiger partial charge is 0.308 e. The van der Waals surface area contributed by atoms with Gasteiger partial charge in [-0.1, -0.05) is 17.7 Å². The van der Waals surface area contributed by atoms with Crippen molar-refractivity contribution in [3.8, 4) is 0 Å². The summed E-state index contributed by atoms with van der Waals surface area (Å²) in [5.41, 5.74) is 1.55. The molecule has 2 aromatic rings. The van der Waals surface area contributed by atoms with Crippen LogP contribution in [0.5, 0.6) is 0 Å². The van der Waals surface area contributed by atoms with Crippen molar-refractivity contribution in [3.05, 3.63) is 57.8 Å². The van der Waals surface area contributed by atoms with E-state index < -0.39 is 10.0 Å². The number of hydrogen-bond donors (Lipinski definition) is 1. The molecule has 1 aliphatic heterocycles. The smallest absolute Gasteiger partial charge is 0.241 e. The Labute approximate surface area is 174 Å². The maximum Gasteiger partial charge on any atom is 0.241 e. The molecule has 0 radical (unpaired) electrons. The summed E-state index contributed by atoms with van der Waals surface area (Å²) in [6.45, 7) is 7.13. The third kappa shape index (κ3) is 4.64. The van der Waals surface area contributed by atoms with Crippen LogP contribution >= 0.6 is 22.9 Å². The molecule has 1 aromatic carbocycles. The van der Waals surface area contributed by atoms with Gasteiger partial charge < -0.3 is 4.90 Å². The van der Waals surface area contributed by atoms with E-state index in [-0.39, 0.29) is 23.4 Å². The number of sulfonamides is 1. The molecule has 3 rings (SSSR count). The minimum absolute atomic E-state index is 0.0425. The molecule has 1 aliphatic rings. The number of nitrogens with zero attached hydrogens (tertiary/aromatic N) is 2. The standard InChI is InChI=1S/C19H22ClN3O3S2/c1-3-8-22(11-15-4-7-18(20)27-15)12-19(24)23-13(2)9-14-10-16(28(21,25)26)5-6-17(14)23/h3-7,10,13H,1,8-9,11-12H2,2H3,(H2,21,25,26). The molecule has 0 saturated carbocycles. The molecule has 0 aliphatic carbocycles. The van der Waals surface area contributed by atoms with Crippen molar-refractivity contribution in [3.63, 3.8) is 0 Å². The average Bonchev–Trinajstić information content (AvgIpc) is 3.15. The molecule has 0 fully saturated rings. The van der Waals surface area contributed by atoms with Gasteiger partial charge in [0.1, 0.15) is 0 Å². The number of hydrogen-bond acceptors (Lipinski definition) is 5. The first-order valence-corrected chi connectivity index (χ1v) is 11.5. The zero-order valence-corrected chi connectivity index (χ0v) is 17.9. The first-order valence-electron chi connectivity index (χ1n) is 8.74. The lowest BCUT2D eigenvalue weighted by Crippen LogP contribution is -2.43. The van der Waals surface area contributed by atoms with Gasteiger partial charge in [-0.05, 0) is 49.2 Å². The van der Waals surface area contributed by atoms with Gasteiger partial charge >= 0.3 is 0 Å². The summed E-state index contributed by atoms with van der Waals surface area (Å²) in [7, 11) is -3.77. The second-order valence-corrected chi connectivity index (χ2v) is 10.2. The molecule has 0 bridgehead atoms. The summed E-state index contributed by atoms with van der Waals surface area (Å²) in [6.07, 6.45) is 2.36. The second-order valence-electron chi connectivity index (χ2n) is 6.82. The van der Waals surface area contributed by atoms with E-state index in [1.54, 1.807) is 23.1 Å². The van der Waals surface area contributed by atoms with Gasteiger partial charge in [0.2, 0.25) is 15.9 Å². The molecule has 150 valence electrons. The summed E-state index contributed by atoms with van der Waals surface area (Å²) in [5, 5.41) is 5.22. The van der Waals surface area contributed by atoms with Crippen LogP contribution in [0.4, 0.5) is 5.69 Å². The minimum Gasteiger partial charge on any atom is -0.308 e. The Morgan fingerprint density at radius 3 is 2.79 bits per heavy atom. The van der Waals surface area contributed by atoms with Crippen molar-refractivity contribution in [2.75, 3.05) is 18.0 Å². The van der Waals surface area contributed by atoms with Crippen molar-refractivity contribution in [2.24, 2.45) is 5.14 Å². The SMILES string of the molecule is C=CCN(CC(=O)N1c2ccc(S(N)(=O)=O)cc2CC1C)Cc1ccc(Cl)s1. The Kier molecular flexibility index (Phi) is 6.26. The van der Waals surface area contributed by atoms with Gasteiger partial charge in [0.15, 0.2) is 0 Å². The molecule has 2 N–H and O–H groups in total. The van der Waals surface area contributed by atoms with Gasteiger partial charge in [0.25, 0.3) is 0 Å². The number of halogens is 1. The molecule has 0 saturated heterocycles. The fraction of sp³-hybridized carbons (Fsp3) is 0.316. The van der Waals surface area contributed by atoms with Crippen LogP contribution < -0.4 is 10.0 Å². The van der Waals surface area contributed by atoms with Crippen molar-refractivity contribution in [1.82, 2.24) is 4.90 Å². The summed E-state index contributed by atoms with van der Waals surface area (Å²) in [4.78, 5) is 17.9. The van der Waals surface area contributed by atoms with Gasteiger partial charge in [-0.3, -0.25) is 9.69 Å². The average molecular weight is 440 g/mol. The number of fused-ring (bicyclic) bond motifs is 1. The first kappa shape index (κ1) is 21.0. The molecule has 2 heterocycles. The molecule has 1 amide bonds. The highest BCUT2D eigenvalue weighted by Crippen LogP contribution is 2.34. The normalized spacial score (nSPS) is 16.4. The molecule has 9 heteroatoms. The highest BCUT2D eigenvalue weighted by atomic mass is 35.5. The van der Waals surface area contributed by atoms with Gasteiger partial charge in [0, 0.05) is 29.7 Å². The number of amides is 1. The monoisotopic (exact) mass is 439 g/mol. The fourth-order valence-corrected chi connectivity index (χ4v) is 5.15. The summed E-state index contributed by atoms with van der Waals surface area (Å²) >= 11 is 7.49. The van der Waals surface area contributed by atoms with Crippen molar-refractivity contribution in [2.45, 2.75) is 30.8 Å². The summed E-state index contributed by atoms with van der Waals surface area (Å²) in [5.74, 6) is -0.0425. The fourth-order valence-electron chi connectivity index (χ4n) is 3.46. The van der Waals surface area contributed by atoms with Crippen LogP contribution in [0.3, 0.4) is 0 Å². The third-order valence-electron chi connectivity index (χ3n) is 4.62. The number of carbonyl (C=O) groups is 1. The number of rotatable bonds is 7. The Bertz CT molecular complexity index is 1000. The maximum atomic E-state index is 13.1. The number of thiophene rings is 1. The zero-order chi connectivity index (χ0) is 20.5. The lowest BCUT2D eigenvalue weighted by molar-refractivity contribution is -0.120. The van der Waals surface area contributed by atoms with E-state index in [1.807, 2.05) is 24.0 Å². The molecule has 1 aromatic heterocycles. The van der Waals surface area contributed by atoms with Crippen LogP contribution in [-0.4, -0.2) is 38.4 Å². The Balaban J connectivity index is 1.79. The highest BCUT2D eigenvalue weighted by molar-refractivity contribution is 7.89. The van der Waals surface area contributed by atoms with Crippen LogP contribution in [0.2, 0.25) is 4.34 Å². The molecule has 1 unspecified atom stereocenters. The van der Waals surface area contributed by atoms with E-state index in [1.165, 1.54) is 17.4 Å². The van der Waals surface area contributed by atoms with Crippen LogP contribution in [0.1, 0.15) is 17.4 Å². The Morgan fingerprint density at radius 2 is 2.18 bits per heavy atom. The van der Waals surface area contributed by atoms with Crippen molar-refractivity contribution < 1.29 is 13.2 Å². The lowest BCUT2D eigenvalue weighted by atomic mass is 10.1. The molecule has 0 spiro atoms. The van der Waals surface area contributed by atoms with Crippen LogP contribution in [0, 0.1) is 0 Å². The Morgan fingerprint density at radius 1 is 1.43 bits per heavy atom. The topological polar surface area (TPSA) is 83.7 Å². The lowest BCUT2D eigenvalue weighted by Gasteiger charge is -2.27. The quantitative estimate of drug-likeness (QED) is 0.672. The molecule has 28 heavy (non-hydrogen) atoms. The van der Waals surface area contributed by atoms with Gasteiger partial charge in [-0.25, -0.2) is 13.6 Å². The van der Waals surface area contributed by atoms with Gasteiger partial charge in [0.05, 0.1) is 15.8 Å². The van der Waals surface area contributed by atoms with Gasteiger partial charge in [-0.15, -0.1) is 17.9 Å². The third-order valence-corrected chi connectivity index (χ3v) is 6.75. The van der Waals surface area contributed by atoms with Crippen molar-refractivity contribution in [1.29, 1.82) is 0 Å². The zero-order valence-electron chi connectivity index (χ0n) is 15.5. The van der Waals surface area contributed by atoms with E-state index in [2.05, 4.69) is 6.58 Å². The maximum absolute atomic E-state index is 13.1. The van der Waals surface area contributed by atoms with Crippen molar-refractivity contribution >= 4 is 44.6 Å². The van der Waals surface area contributed by atoms with Crippen LogP contribution in [0.15, 0.2) is 47.9 Å². The molecule has 1 atom stereocenters. The number of primary sulfonamides is 1. The van der Waals surface area contributed by atoms with E-state index in [9.17, 15) is 13.2 Å². The van der Waals surface area contributed by atoms with Crippen LogP contribution in [0.25, 0.3) is 0 Å². The highest BCUT2D eigenvalue weighted by Gasteiger charge is 2.32. The first-order chi connectivity index (χ1) is 13.2. The minimum atomic E-state index is -3.77. The predicted molar refractivity (Wildman–Crippen MR) is 113 cm³/mol. The molecular weight excluding hydrogens is 418 g/mol. The van der Waals surface area contributed by atoms with Crippen LogP contribution in [-0.2, 0) is 27.8 Å². The van der Waals surface area contributed by atoms with Gasteiger partial charge in [-0.2, -0.15) is 0 Å². The van der Waals surface area contributed by atoms with E-state index in [0.717, 1.165) is 16.1 Å².